The van der Waals surface area contributed by atoms with Gasteiger partial charge in [0.25, 0.3) is 5.92 Å². The number of carboxylic acid groups (broad SMARTS) is 1. The highest BCUT2D eigenvalue weighted by Gasteiger charge is 2.68. The van der Waals surface area contributed by atoms with Crippen molar-refractivity contribution in [2.75, 3.05) is 23.5 Å². The molecular weight excluding hydrogens is 1040 g/mol. The number of halogens is 11. The monoisotopic (exact) mass is 1070 g/mol. The van der Waals surface area contributed by atoms with Gasteiger partial charge in [-0.05, 0) is 74.4 Å². The van der Waals surface area contributed by atoms with Crippen LogP contribution in [0.5, 0.6) is 0 Å². The van der Waals surface area contributed by atoms with Gasteiger partial charge in [-0.25, -0.2) is 44.5 Å². The van der Waals surface area contributed by atoms with Gasteiger partial charge >= 0.3 is 24.3 Å². The molecule has 29 heteroatoms. The topological polar surface area (TPSA) is 213 Å². The molecule has 2 aromatic carbocycles. The lowest BCUT2D eigenvalue weighted by atomic mass is 9.93. The number of rotatable bonds is 13. The molecule has 2 N–H and O–H groups in total. The lowest BCUT2D eigenvalue weighted by Crippen LogP contribution is -2.35. The summed E-state index contributed by atoms with van der Waals surface area (Å²) in [6, 6.07) is 4.53. The summed E-state index contributed by atoms with van der Waals surface area (Å²) in [5, 5.41) is 17.5. The number of carbonyl (C=O) groups is 3. The van der Waals surface area contributed by atoms with Crippen molar-refractivity contribution in [3.63, 3.8) is 0 Å². The quantitative estimate of drug-likeness (QED) is 0.0418. The number of esters is 1. The number of nitrogens with zero attached hydrogens (tertiary/aromatic N) is 6. The van der Waals surface area contributed by atoms with E-state index in [-0.39, 0.29) is 36.9 Å². The Kier molecular flexibility index (Phi) is 13.3. The molecule has 3 heterocycles. The Bertz CT molecular complexity index is 3330. The zero-order chi connectivity index (χ0) is 52.7. The smallest absolute Gasteiger partial charge is 0.435 e. The lowest BCUT2D eigenvalue weighted by molar-refractivity contribution is -0.163. The Morgan fingerprint density at radius 3 is 2.18 bits per heavy atom. The second-order valence-corrected chi connectivity index (χ2v) is 21.9. The number of benzene rings is 2. The number of carbonyl (C=O) groups excluding carboxylic acids is 2. The van der Waals surface area contributed by atoms with Crippen LogP contribution in [0.3, 0.4) is 0 Å². The molecule has 0 aliphatic heterocycles. The third-order valence-corrected chi connectivity index (χ3v) is 14.8. The number of sulfonamides is 1. The van der Waals surface area contributed by atoms with E-state index in [4.69, 9.17) is 16.7 Å². The number of ether oxygens (including phenoxy) is 1. The average Bonchev–Trinajstić information content (AvgIpc) is 3.73. The highest BCUT2D eigenvalue weighted by atomic mass is 35.5. The molecule has 0 saturated heterocycles. The molecule has 0 radical (unpaired) electrons. The Hall–Kier alpha value is -6.47. The third kappa shape index (κ3) is 10.6. The zero-order valence-electron chi connectivity index (χ0n) is 36.7. The molecule has 7 rings (SSSR count). The van der Waals surface area contributed by atoms with Crippen LogP contribution in [-0.4, -0.2) is 94.5 Å². The number of nitrogens with one attached hydrogen (secondary N) is 1. The number of fused-ring (bicyclic) bond motifs is 4. The fraction of sp³-hybridized carbons (Fsp3) is 0.381. The fourth-order valence-corrected chi connectivity index (χ4v) is 9.08. The molecule has 16 nitrogen and oxygen atoms in total. The van der Waals surface area contributed by atoms with Crippen molar-refractivity contribution in [3.05, 3.63) is 93.0 Å². The van der Waals surface area contributed by atoms with E-state index in [1.165, 1.54) is 13.8 Å². The van der Waals surface area contributed by atoms with Crippen molar-refractivity contribution in [3.8, 4) is 23.0 Å². The van der Waals surface area contributed by atoms with Crippen molar-refractivity contribution in [2.24, 2.45) is 5.92 Å². The van der Waals surface area contributed by atoms with Crippen LogP contribution in [0.25, 0.3) is 22.0 Å². The second kappa shape index (κ2) is 18.0. The highest BCUT2D eigenvalue weighted by molar-refractivity contribution is 7.92. The number of pyridine rings is 1. The van der Waals surface area contributed by atoms with Gasteiger partial charge in [0.1, 0.15) is 40.9 Å². The molecular formula is C42H34ClF10N7O9S2. The van der Waals surface area contributed by atoms with Crippen LogP contribution in [0.15, 0.2) is 42.5 Å². The predicted molar refractivity (Wildman–Crippen MR) is 229 cm³/mol. The van der Waals surface area contributed by atoms with E-state index in [1.54, 1.807) is 0 Å². The minimum Gasteiger partial charge on any atom is -0.473 e. The van der Waals surface area contributed by atoms with E-state index in [9.17, 15) is 66.3 Å². The maximum atomic E-state index is 15.5. The van der Waals surface area contributed by atoms with Gasteiger partial charge in [-0.3, -0.25) is 14.2 Å². The average molecular weight is 1070 g/mol. The largest absolute Gasteiger partial charge is 0.473 e. The molecule has 1 unspecified atom stereocenters. The van der Waals surface area contributed by atoms with Crippen LogP contribution in [0.1, 0.15) is 66.1 Å². The maximum absolute atomic E-state index is 15.5. The fourth-order valence-electron chi connectivity index (χ4n) is 7.93. The minimum atomic E-state index is -5.24. The van der Waals surface area contributed by atoms with Crippen molar-refractivity contribution in [1.82, 2.24) is 29.9 Å². The second-order valence-electron chi connectivity index (χ2n) is 17.0. The van der Waals surface area contributed by atoms with Crippen LogP contribution in [0.4, 0.5) is 49.7 Å². The Labute approximate surface area is 399 Å². The standard InChI is InChI=1S/C42H34ClF10N7O9S2/c1-39(2,70(3,65)66)10-9-22-5-6-23(24-7-8-27(43)31-33(24)59(17-40(46,47)48)57-36(31)60(71(4,67)68)18-69-38(64)37(62)63)32(54-22)28(13-19-11-20(44)14-21(45)12-19)55-29(61)16-58-35-30(34(56-58)42(51,52)53)25-15-26(25)41(35,49)50/h5-8,11-12,14,25-26,28H,13,15-18H2,1-4H3,(H,55,61)(H,62,63)/t25-,26?,28-/m0/s1. The Morgan fingerprint density at radius 2 is 1.61 bits per heavy atom. The van der Waals surface area contributed by atoms with Crippen LogP contribution in [0.2, 0.25) is 5.02 Å². The maximum Gasteiger partial charge on any atom is 0.435 e. The molecule has 0 bridgehead atoms. The SMILES string of the molecule is CC(C)(C#Cc1ccc(-c2ccc(Cl)c3c(N(COC(=O)C(=O)O)S(C)(=O)=O)nn(CC(F)(F)F)c23)c([C@H](Cc2cc(F)cc(F)c2)NC(=O)Cn2nc(C(F)(F)F)c3c2C(F)(F)C2C[C@H]32)n1)S(C)(=O)=O. The summed E-state index contributed by atoms with van der Waals surface area (Å²) in [6.07, 6.45) is -10.1. The van der Waals surface area contributed by atoms with E-state index >= 15 is 8.78 Å². The van der Waals surface area contributed by atoms with Crippen molar-refractivity contribution in [2.45, 2.75) is 74.8 Å². The molecule has 5 aromatic rings. The highest BCUT2D eigenvalue weighted by Crippen LogP contribution is 2.68. The van der Waals surface area contributed by atoms with Crippen LogP contribution < -0.4 is 9.62 Å². The molecule has 2 aliphatic rings. The van der Waals surface area contributed by atoms with Crippen LogP contribution in [0, 0.1) is 29.4 Å². The number of hydrogen-bond acceptors (Lipinski definition) is 11. The first-order chi connectivity index (χ1) is 32.6. The van der Waals surface area contributed by atoms with Gasteiger partial charge in [0.15, 0.2) is 28.1 Å². The zero-order valence-corrected chi connectivity index (χ0v) is 39.1. The Balaban J connectivity index is 1.48. The summed E-state index contributed by atoms with van der Waals surface area (Å²) >= 11 is 6.55. The van der Waals surface area contributed by atoms with Gasteiger partial charge in [-0.2, -0.15) is 45.3 Å². The molecule has 1 fully saturated rings. The summed E-state index contributed by atoms with van der Waals surface area (Å²) in [6.45, 7) is -2.37. The molecule has 2 aliphatic carbocycles. The van der Waals surface area contributed by atoms with Gasteiger partial charge in [-0.1, -0.05) is 23.6 Å². The van der Waals surface area contributed by atoms with Crippen LogP contribution in [-0.2, 0) is 70.6 Å². The van der Waals surface area contributed by atoms with Gasteiger partial charge in [-0.15, -0.1) is 0 Å². The molecule has 3 aromatic heterocycles. The predicted octanol–water partition coefficient (Wildman–Crippen LogP) is 6.64. The summed E-state index contributed by atoms with van der Waals surface area (Å²) in [7, 11) is -8.68. The summed E-state index contributed by atoms with van der Waals surface area (Å²) < 4.78 is 201. The lowest BCUT2D eigenvalue weighted by Gasteiger charge is -2.23. The first-order valence-corrected chi connectivity index (χ1v) is 24.4. The van der Waals surface area contributed by atoms with Crippen molar-refractivity contribution < 1.29 is 85.0 Å². The number of aliphatic carboxylic acids is 1. The number of sulfone groups is 1. The van der Waals surface area contributed by atoms with Crippen molar-refractivity contribution in [1.29, 1.82) is 0 Å². The first-order valence-electron chi connectivity index (χ1n) is 20.3. The van der Waals surface area contributed by atoms with E-state index in [0.29, 0.717) is 12.3 Å². The number of aromatic nitrogens is 5. The molecule has 0 spiro atoms. The minimum absolute atomic E-state index is 0.116. The Morgan fingerprint density at radius 1 is 0.972 bits per heavy atom. The van der Waals surface area contributed by atoms with E-state index < -0.39 is 166 Å². The van der Waals surface area contributed by atoms with Gasteiger partial charge in [0.05, 0.1) is 33.9 Å². The number of amides is 1. The van der Waals surface area contributed by atoms with Crippen molar-refractivity contribution >= 4 is 66.0 Å². The molecule has 380 valence electrons. The molecule has 1 amide bonds. The first kappa shape index (κ1) is 52.4. The number of anilines is 1. The summed E-state index contributed by atoms with van der Waals surface area (Å²) in [5.41, 5.74) is -6.13. The molecule has 3 atom stereocenters. The third-order valence-electron chi connectivity index (χ3n) is 11.4. The molecule has 1 saturated carbocycles. The summed E-state index contributed by atoms with van der Waals surface area (Å²) in [4.78, 5) is 41.7. The van der Waals surface area contributed by atoms with Crippen LogP contribution >= 0.6 is 11.6 Å². The number of alkyl halides is 8. The summed E-state index contributed by atoms with van der Waals surface area (Å²) in [5.74, 6) is -10.3. The van der Waals surface area contributed by atoms with E-state index in [0.717, 1.165) is 42.7 Å². The van der Waals surface area contributed by atoms with Gasteiger partial charge in [0.2, 0.25) is 15.9 Å². The van der Waals surface area contributed by atoms with E-state index in [1.807, 2.05) is 0 Å². The normalized spacial score (nSPS) is 16.9. The van der Waals surface area contributed by atoms with E-state index in [2.05, 4.69) is 37.1 Å². The number of carboxylic acids is 1. The van der Waals surface area contributed by atoms with Gasteiger partial charge < -0.3 is 15.2 Å². The molecule has 71 heavy (non-hydrogen) atoms. The number of hydrogen-bond donors (Lipinski definition) is 2. The van der Waals surface area contributed by atoms with Gasteiger partial charge in [0, 0.05) is 34.9 Å².